The zero-order valence-electron chi connectivity index (χ0n) is 38.1. The molecule has 312 valence electrons. The summed E-state index contributed by atoms with van der Waals surface area (Å²) >= 11 is 0. The van der Waals surface area contributed by atoms with Crippen molar-refractivity contribution in [3.05, 3.63) is 168 Å². The Morgan fingerprint density at radius 1 is 0.460 bits per heavy atom. The molecule has 0 spiro atoms. The molecule has 1 nitrogen and oxygen atoms in total. The Bertz CT molecular complexity index is 3200. The molecule has 1 aliphatic rings. The lowest BCUT2D eigenvalue weighted by Crippen LogP contribution is -2.27. The summed E-state index contributed by atoms with van der Waals surface area (Å²) in [6.45, 7) is 21.3. The summed E-state index contributed by atoms with van der Waals surface area (Å²) in [4.78, 5) is 0. The van der Waals surface area contributed by atoms with E-state index in [1.54, 1.807) is 0 Å². The van der Waals surface area contributed by atoms with Crippen LogP contribution < -0.4 is 0 Å². The third-order valence-corrected chi connectivity index (χ3v) is 15.0. The maximum absolute atomic E-state index is 9.88. The standard InChI is InChI=1S/C62H58O/c1-9-37(2)62(29-11-10-12-30-63)54-35-40(48-23-17-38-13-15-42-31-46(60(3,4)5)33-44-21-27-52(48)58(38)56(42)44)19-25-50(54)51-26-20-41(36-55(51)62)49-24-18-39-14-16-43-32-47(61(6,7)8)34-45-22-28-53(49)59(39)57(43)45/h13-28,31-36,63H,2,9-12,29-30H2,1,3-8H3. The highest BCUT2D eigenvalue weighted by Crippen LogP contribution is 2.58. The second kappa shape index (κ2) is 14.2. The molecule has 0 aliphatic heterocycles. The Balaban J connectivity index is 1.10. The van der Waals surface area contributed by atoms with Gasteiger partial charge in [-0.1, -0.05) is 195 Å². The van der Waals surface area contributed by atoms with Crippen LogP contribution in [0.25, 0.3) is 98.0 Å². The van der Waals surface area contributed by atoms with Gasteiger partial charge in [-0.15, -0.1) is 0 Å². The first-order valence-corrected chi connectivity index (χ1v) is 23.3. The fourth-order valence-electron chi connectivity index (χ4n) is 11.6. The maximum Gasteiger partial charge on any atom is 0.0431 e. The molecule has 0 heterocycles. The number of unbranched alkanes of at least 4 members (excludes halogenated alkanes) is 2. The van der Waals surface area contributed by atoms with Crippen LogP contribution in [-0.4, -0.2) is 11.7 Å². The topological polar surface area (TPSA) is 20.2 Å². The van der Waals surface area contributed by atoms with Gasteiger partial charge in [0.25, 0.3) is 0 Å². The van der Waals surface area contributed by atoms with Crippen LogP contribution in [0.3, 0.4) is 0 Å². The molecule has 0 bridgehead atoms. The second-order valence-electron chi connectivity index (χ2n) is 20.8. The van der Waals surface area contributed by atoms with Crippen molar-refractivity contribution in [2.75, 3.05) is 6.61 Å². The zero-order valence-corrected chi connectivity index (χ0v) is 38.1. The molecule has 0 atom stereocenters. The molecule has 10 aromatic carbocycles. The molecular formula is C62H58O. The van der Waals surface area contributed by atoms with E-state index in [0.29, 0.717) is 0 Å². The molecule has 0 aromatic heterocycles. The molecule has 63 heavy (non-hydrogen) atoms. The molecule has 10 aromatic rings. The molecule has 0 radical (unpaired) electrons. The van der Waals surface area contributed by atoms with Crippen LogP contribution in [0.2, 0.25) is 0 Å². The van der Waals surface area contributed by atoms with Crippen molar-refractivity contribution in [2.45, 2.75) is 96.8 Å². The fraction of sp³-hybridized carbons (Fsp3) is 0.258. The summed E-state index contributed by atoms with van der Waals surface area (Å²) in [5.74, 6) is 0. The third-order valence-electron chi connectivity index (χ3n) is 15.0. The van der Waals surface area contributed by atoms with Gasteiger partial charge in [0.1, 0.15) is 0 Å². The zero-order chi connectivity index (χ0) is 43.6. The van der Waals surface area contributed by atoms with Gasteiger partial charge in [-0.25, -0.2) is 0 Å². The lowest BCUT2D eigenvalue weighted by molar-refractivity contribution is 0.281. The van der Waals surface area contributed by atoms with E-state index in [4.69, 9.17) is 6.58 Å². The Morgan fingerprint density at radius 3 is 1.27 bits per heavy atom. The van der Waals surface area contributed by atoms with E-state index >= 15 is 0 Å². The van der Waals surface area contributed by atoms with Crippen molar-refractivity contribution in [1.82, 2.24) is 0 Å². The number of rotatable bonds is 9. The van der Waals surface area contributed by atoms with Gasteiger partial charge in [-0.2, -0.15) is 0 Å². The smallest absolute Gasteiger partial charge is 0.0431 e. The summed E-state index contributed by atoms with van der Waals surface area (Å²) in [7, 11) is 0. The first-order valence-electron chi connectivity index (χ1n) is 23.3. The summed E-state index contributed by atoms with van der Waals surface area (Å²) < 4.78 is 0. The molecule has 0 saturated carbocycles. The highest BCUT2D eigenvalue weighted by molar-refractivity contribution is 6.27. The molecular weight excluding hydrogens is 761 g/mol. The summed E-state index contributed by atoms with van der Waals surface area (Å²) in [5, 5.41) is 25.7. The van der Waals surface area contributed by atoms with Gasteiger partial charge in [0.15, 0.2) is 0 Å². The van der Waals surface area contributed by atoms with E-state index in [2.05, 4.69) is 182 Å². The minimum absolute atomic E-state index is 0.0736. The Kier molecular flexibility index (Phi) is 9.00. The number of hydrogen-bond donors (Lipinski definition) is 1. The number of aliphatic hydroxyl groups is 1. The monoisotopic (exact) mass is 818 g/mol. The van der Waals surface area contributed by atoms with Crippen molar-refractivity contribution in [2.24, 2.45) is 0 Å². The Morgan fingerprint density at radius 2 is 0.857 bits per heavy atom. The summed E-state index contributed by atoms with van der Waals surface area (Å²) in [6, 6.07) is 52.2. The van der Waals surface area contributed by atoms with Gasteiger partial charge >= 0.3 is 0 Å². The van der Waals surface area contributed by atoms with Crippen LogP contribution in [0.1, 0.15) is 103 Å². The third kappa shape index (κ3) is 5.99. The second-order valence-corrected chi connectivity index (χ2v) is 20.8. The maximum atomic E-state index is 9.88. The summed E-state index contributed by atoms with van der Waals surface area (Å²) in [6.07, 6.45) is 4.65. The van der Waals surface area contributed by atoms with Crippen LogP contribution in [0.4, 0.5) is 0 Å². The van der Waals surface area contributed by atoms with E-state index < -0.39 is 0 Å². The molecule has 1 N–H and O–H groups in total. The van der Waals surface area contributed by atoms with Gasteiger partial charge in [0.05, 0.1) is 0 Å². The van der Waals surface area contributed by atoms with Crippen molar-refractivity contribution in [3.63, 3.8) is 0 Å². The SMILES string of the molecule is C=C(CC)C1(CCCCCO)c2cc(-c3ccc4ccc5cc(C(C)(C)C)cc6ccc3c4c56)ccc2-c2ccc(-c3ccc4ccc5cc(C(C)(C)C)cc6ccc3c4c56)cc21. The Labute approximate surface area is 372 Å². The average Bonchev–Trinajstić information content (AvgIpc) is 3.56. The minimum atomic E-state index is -0.360. The van der Waals surface area contributed by atoms with Crippen molar-refractivity contribution in [1.29, 1.82) is 0 Å². The summed E-state index contributed by atoms with van der Waals surface area (Å²) in [5.41, 5.74) is 14.2. The Hall–Kier alpha value is -6.02. The first kappa shape index (κ1) is 39.8. The lowest BCUT2D eigenvalue weighted by Gasteiger charge is -2.35. The van der Waals surface area contributed by atoms with Crippen molar-refractivity contribution in [3.8, 4) is 33.4 Å². The average molecular weight is 819 g/mol. The van der Waals surface area contributed by atoms with Crippen LogP contribution in [0, 0.1) is 0 Å². The highest BCUT2D eigenvalue weighted by atomic mass is 16.2. The fourth-order valence-corrected chi connectivity index (χ4v) is 11.6. The number of fused-ring (bicyclic) bond motifs is 3. The van der Waals surface area contributed by atoms with Gasteiger partial charge in [-0.3, -0.25) is 0 Å². The van der Waals surface area contributed by atoms with Crippen LogP contribution in [0.5, 0.6) is 0 Å². The predicted octanol–water partition coefficient (Wildman–Crippen LogP) is 17.2. The minimum Gasteiger partial charge on any atom is -0.396 e. The van der Waals surface area contributed by atoms with Crippen LogP contribution >= 0.6 is 0 Å². The molecule has 0 fully saturated rings. The van der Waals surface area contributed by atoms with Crippen molar-refractivity contribution >= 4 is 64.6 Å². The molecule has 11 rings (SSSR count). The predicted molar refractivity (Wildman–Crippen MR) is 273 cm³/mol. The highest BCUT2D eigenvalue weighted by Gasteiger charge is 2.44. The normalized spacial score (nSPS) is 14.0. The molecule has 1 heteroatoms. The lowest BCUT2D eigenvalue weighted by atomic mass is 9.67. The van der Waals surface area contributed by atoms with E-state index in [1.165, 1.54) is 126 Å². The van der Waals surface area contributed by atoms with Gasteiger partial charge in [0, 0.05) is 12.0 Å². The van der Waals surface area contributed by atoms with Crippen molar-refractivity contribution < 1.29 is 5.11 Å². The first-order chi connectivity index (χ1) is 30.3. The van der Waals surface area contributed by atoms with E-state index in [-0.39, 0.29) is 22.9 Å². The van der Waals surface area contributed by atoms with Gasteiger partial charge < -0.3 is 5.11 Å². The van der Waals surface area contributed by atoms with E-state index in [0.717, 1.165) is 32.1 Å². The number of allylic oxidation sites excluding steroid dienone is 1. The van der Waals surface area contributed by atoms with Crippen LogP contribution in [0.15, 0.2) is 146 Å². The van der Waals surface area contributed by atoms with E-state index in [1.807, 2.05) is 0 Å². The van der Waals surface area contributed by atoms with Gasteiger partial charge in [-0.05, 0) is 162 Å². The molecule has 1 aliphatic carbocycles. The molecule has 0 amide bonds. The van der Waals surface area contributed by atoms with Gasteiger partial charge in [0.2, 0.25) is 0 Å². The molecule has 0 saturated heterocycles. The molecule has 0 unspecified atom stereocenters. The van der Waals surface area contributed by atoms with Crippen LogP contribution in [-0.2, 0) is 16.2 Å². The number of hydrogen-bond acceptors (Lipinski definition) is 1. The van der Waals surface area contributed by atoms with E-state index in [9.17, 15) is 5.11 Å². The number of benzene rings is 10. The largest absolute Gasteiger partial charge is 0.396 e. The number of aliphatic hydroxyl groups excluding tert-OH is 1. The quantitative estimate of drug-likeness (QED) is 0.0874.